The van der Waals surface area contributed by atoms with Gasteiger partial charge in [0.2, 0.25) is 0 Å². The summed E-state index contributed by atoms with van der Waals surface area (Å²) in [6, 6.07) is 10.1. The molecule has 180 valence electrons. The first-order chi connectivity index (χ1) is 17.0. The van der Waals surface area contributed by atoms with Crippen LogP contribution in [0.4, 0.5) is 0 Å². The van der Waals surface area contributed by atoms with Crippen LogP contribution in [0, 0.1) is 11.3 Å². The molecule has 0 unspecified atom stereocenters. The van der Waals surface area contributed by atoms with Crippen molar-refractivity contribution >= 4 is 28.0 Å². The molecule has 35 heavy (non-hydrogen) atoms. The van der Waals surface area contributed by atoms with Gasteiger partial charge in [-0.05, 0) is 62.1 Å². The Bertz CT molecular complexity index is 1470. The van der Waals surface area contributed by atoms with Gasteiger partial charge in [-0.15, -0.1) is 0 Å². The summed E-state index contributed by atoms with van der Waals surface area (Å²) < 4.78 is 10.2. The number of nitrogens with zero attached hydrogens (tertiary/aromatic N) is 5. The molecule has 0 bridgehead atoms. The van der Waals surface area contributed by atoms with Crippen LogP contribution in [0.15, 0.2) is 36.5 Å². The number of rotatable bonds is 5. The van der Waals surface area contributed by atoms with Crippen LogP contribution in [0.1, 0.15) is 29.6 Å². The van der Waals surface area contributed by atoms with Crippen LogP contribution in [0.5, 0.6) is 5.75 Å². The molecule has 3 aliphatic rings. The van der Waals surface area contributed by atoms with Crippen molar-refractivity contribution in [3.05, 3.63) is 42.1 Å². The standard InChI is InChI=1S/C27H30N6O2/c1-31-23-20(10-19(12-22(23)35-2)26(34)32-15-27(16-32)7-9-28-14-27)30-25(31)21-11-18-4-3-8-29-24(18)33(21)13-17-5-6-17/h3-4,8,10-12,17,28H,5-7,9,13-16H2,1-2H3. The molecule has 8 nitrogen and oxygen atoms in total. The van der Waals surface area contributed by atoms with Crippen LogP contribution < -0.4 is 10.1 Å². The molecule has 2 saturated heterocycles. The van der Waals surface area contributed by atoms with Crippen molar-refractivity contribution in [3.8, 4) is 17.3 Å². The van der Waals surface area contributed by atoms with E-state index >= 15 is 0 Å². The lowest BCUT2D eigenvalue weighted by Gasteiger charge is -2.47. The molecule has 1 saturated carbocycles. The van der Waals surface area contributed by atoms with Crippen molar-refractivity contribution in [2.24, 2.45) is 18.4 Å². The second-order valence-corrected chi connectivity index (χ2v) is 10.6. The fourth-order valence-corrected chi connectivity index (χ4v) is 5.99. The molecule has 8 heteroatoms. The summed E-state index contributed by atoms with van der Waals surface area (Å²) in [5.41, 5.74) is 4.63. The van der Waals surface area contributed by atoms with Gasteiger partial charge < -0.3 is 24.1 Å². The second kappa shape index (κ2) is 7.55. The summed E-state index contributed by atoms with van der Waals surface area (Å²) in [5, 5.41) is 4.55. The Balaban J connectivity index is 1.30. The molecule has 2 aliphatic heterocycles. The molecule has 3 aromatic heterocycles. The first kappa shape index (κ1) is 20.9. The molecule has 0 atom stereocenters. The van der Waals surface area contributed by atoms with Gasteiger partial charge in [0.1, 0.15) is 16.9 Å². The number of nitrogens with one attached hydrogen (secondary N) is 1. The summed E-state index contributed by atoms with van der Waals surface area (Å²) in [4.78, 5) is 25.0. The van der Waals surface area contributed by atoms with Gasteiger partial charge in [-0.2, -0.15) is 0 Å². The number of imidazole rings is 1. The van der Waals surface area contributed by atoms with Gasteiger partial charge in [-0.1, -0.05) is 0 Å². The second-order valence-electron chi connectivity index (χ2n) is 10.6. The van der Waals surface area contributed by atoms with E-state index in [1.165, 1.54) is 12.8 Å². The highest BCUT2D eigenvalue weighted by Gasteiger charge is 2.47. The molecule has 1 amide bonds. The molecule has 4 aromatic rings. The zero-order chi connectivity index (χ0) is 23.7. The van der Waals surface area contributed by atoms with Crippen molar-refractivity contribution in [2.75, 3.05) is 33.3 Å². The van der Waals surface area contributed by atoms with Gasteiger partial charge in [-0.3, -0.25) is 4.79 Å². The monoisotopic (exact) mass is 470 g/mol. The van der Waals surface area contributed by atoms with Gasteiger partial charge in [0.25, 0.3) is 5.91 Å². The summed E-state index contributed by atoms with van der Waals surface area (Å²) in [6.07, 6.45) is 5.53. The Morgan fingerprint density at radius 2 is 2.11 bits per heavy atom. The average molecular weight is 471 g/mol. The maximum atomic E-state index is 13.3. The molecule has 3 fully saturated rings. The lowest BCUT2D eigenvalue weighted by Crippen LogP contribution is -2.59. The number of aryl methyl sites for hydroxylation is 1. The van der Waals surface area contributed by atoms with Crippen LogP contribution in [-0.2, 0) is 13.6 Å². The first-order valence-corrected chi connectivity index (χ1v) is 12.5. The minimum absolute atomic E-state index is 0.0574. The number of aromatic nitrogens is 4. The number of methoxy groups -OCH3 is 1. The van der Waals surface area contributed by atoms with Crippen molar-refractivity contribution < 1.29 is 9.53 Å². The van der Waals surface area contributed by atoms with E-state index in [4.69, 9.17) is 9.72 Å². The third kappa shape index (κ3) is 3.26. The predicted octanol–water partition coefficient (Wildman–Crippen LogP) is 3.44. The van der Waals surface area contributed by atoms with Gasteiger partial charge in [0.05, 0.1) is 18.3 Å². The van der Waals surface area contributed by atoms with E-state index in [0.29, 0.717) is 17.2 Å². The third-order valence-corrected chi connectivity index (χ3v) is 8.10. The molecule has 0 radical (unpaired) electrons. The Kier molecular flexibility index (Phi) is 4.52. The summed E-state index contributed by atoms with van der Waals surface area (Å²) in [6.45, 7) is 4.64. The fourth-order valence-electron chi connectivity index (χ4n) is 5.99. The number of likely N-dealkylation sites (tertiary alicyclic amines) is 1. The van der Waals surface area contributed by atoms with E-state index in [1.54, 1.807) is 7.11 Å². The lowest BCUT2D eigenvalue weighted by atomic mass is 9.79. The zero-order valence-corrected chi connectivity index (χ0v) is 20.3. The largest absolute Gasteiger partial charge is 0.494 e. The van der Waals surface area contributed by atoms with E-state index < -0.39 is 0 Å². The minimum Gasteiger partial charge on any atom is -0.494 e. The molecule has 1 spiro atoms. The number of carbonyl (C=O) groups excluding carboxylic acids is 1. The predicted molar refractivity (Wildman–Crippen MR) is 135 cm³/mol. The molecule has 1 aromatic carbocycles. The van der Waals surface area contributed by atoms with E-state index in [1.807, 2.05) is 36.3 Å². The number of amides is 1. The number of hydrogen-bond donors (Lipinski definition) is 1. The number of hydrogen-bond acceptors (Lipinski definition) is 5. The average Bonchev–Trinajstić information content (AvgIpc) is 3.25. The Morgan fingerprint density at radius 3 is 2.86 bits per heavy atom. The topological polar surface area (TPSA) is 77.2 Å². The molecule has 1 aliphatic carbocycles. The maximum absolute atomic E-state index is 13.3. The minimum atomic E-state index is 0.0574. The number of fused-ring (bicyclic) bond motifs is 2. The van der Waals surface area contributed by atoms with Crippen LogP contribution in [0.3, 0.4) is 0 Å². The SMILES string of the molecule is COc1cc(C(=O)N2CC3(CCNC3)C2)cc2nc(-c3cc4cccnc4n3CC3CC3)n(C)c12. The van der Waals surface area contributed by atoms with E-state index in [2.05, 4.69) is 31.6 Å². The molecule has 5 heterocycles. The normalized spacial score (nSPS) is 19.1. The third-order valence-electron chi connectivity index (χ3n) is 8.10. The quantitative estimate of drug-likeness (QED) is 0.484. The molecular weight excluding hydrogens is 440 g/mol. The summed E-state index contributed by atoms with van der Waals surface area (Å²) >= 11 is 0. The smallest absolute Gasteiger partial charge is 0.254 e. The number of benzene rings is 1. The Labute approximate surface area is 203 Å². The highest BCUT2D eigenvalue weighted by Crippen LogP contribution is 2.39. The van der Waals surface area contributed by atoms with Gasteiger partial charge in [-0.25, -0.2) is 9.97 Å². The Morgan fingerprint density at radius 1 is 1.26 bits per heavy atom. The van der Waals surface area contributed by atoms with Crippen molar-refractivity contribution in [3.63, 3.8) is 0 Å². The summed E-state index contributed by atoms with van der Waals surface area (Å²) in [7, 11) is 3.68. The van der Waals surface area contributed by atoms with E-state index in [0.717, 1.165) is 72.7 Å². The van der Waals surface area contributed by atoms with Crippen LogP contribution in [-0.4, -0.2) is 63.2 Å². The Hall–Kier alpha value is -3.39. The van der Waals surface area contributed by atoms with Crippen molar-refractivity contribution in [1.82, 2.24) is 29.3 Å². The highest BCUT2D eigenvalue weighted by molar-refractivity contribution is 6.00. The van der Waals surface area contributed by atoms with Gasteiger partial charge >= 0.3 is 0 Å². The molecule has 7 rings (SSSR count). The van der Waals surface area contributed by atoms with Crippen molar-refractivity contribution in [2.45, 2.75) is 25.8 Å². The van der Waals surface area contributed by atoms with Crippen molar-refractivity contribution in [1.29, 1.82) is 0 Å². The lowest BCUT2D eigenvalue weighted by molar-refractivity contribution is 0.0159. The molecular formula is C27H30N6O2. The van der Waals surface area contributed by atoms with E-state index in [9.17, 15) is 4.79 Å². The van der Waals surface area contributed by atoms with Crippen LogP contribution in [0.2, 0.25) is 0 Å². The number of pyridine rings is 1. The number of carbonyl (C=O) groups is 1. The van der Waals surface area contributed by atoms with Gasteiger partial charge in [0.15, 0.2) is 5.82 Å². The molecule has 1 N–H and O–H groups in total. The highest BCUT2D eigenvalue weighted by atomic mass is 16.5. The van der Waals surface area contributed by atoms with Crippen LogP contribution in [0.25, 0.3) is 33.6 Å². The van der Waals surface area contributed by atoms with Crippen LogP contribution >= 0.6 is 0 Å². The maximum Gasteiger partial charge on any atom is 0.254 e. The number of ether oxygens (including phenoxy) is 1. The van der Waals surface area contributed by atoms with Gasteiger partial charge in [0, 0.05) is 55.8 Å². The fraction of sp³-hybridized carbons (Fsp3) is 0.444. The zero-order valence-electron chi connectivity index (χ0n) is 20.3. The first-order valence-electron chi connectivity index (χ1n) is 12.5. The van der Waals surface area contributed by atoms with E-state index in [-0.39, 0.29) is 11.3 Å². The summed E-state index contributed by atoms with van der Waals surface area (Å²) in [5.74, 6) is 2.30.